The number of nitrogens with zero attached hydrogens (tertiary/aromatic N) is 1. The van der Waals surface area contributed by atoms with Crippen molar-refractivity contribution in [3.63, 3.8) is 0 Å². The number of fused-ring (bicyclic) bond motifs is 5. The minimum atomic E-state index is -0.435. The molecular weight excluding hydrogens is 462 g/mol. The number of likely N-dealkylation sites (tertiary alicyclic amines) is 1. The Bertz CT molecular complexity index is 788. The summed E-state index contributed by atoms with van der Waals surface area (Å²) in [5, 5.41) is 19.2. The fraction of sp³-hybridized carbons (Fsp3) is 0.969. The molecule has 0 aromatic carbocycles. The number of piperidine rings is 1. The van der Waals surface area contributed by atoms with Crippen molar-refractivity contribution in [2.45, 2.75) is 111 Å². The van der Waals surface area contributed by atoms with E-state index in [0.717, 1.165) is 41.9 Å². The summed E-state index contributed by atoms with van der Waals surface area (Å²) >= 11 is 0. The first-order valence-electron chi connectivity index (χ1n) is 15.9. The van der Waals surface area contributed by atoms with E-state index >= 15 is 0 Å². The molecule has 37 heavy (non-hydrogen) atoms. The van der Waals surface area contributed by atoms with Gasteiger partial charge in [-0.2, -0.15) is 0 Å². The van der Waals surface area contributed by atoms with Gasteiger partial charge in [-0.25, -0.2) is 4.79 Å². The van der Waals surface area contributed by atoms with Crippen LogP contribution in [0.4, 0.5) is 4.79 Å². The normalized spacial score (nSPS) is 43.0. The van der Waals surface area contributed by atoms with Crippen LogP contribution < -0.4 is 0 Å². The summed E-state index contributed by atoms with van der Waals surface area (Å²) in [5.41, 5.74) is 0.638. The number of aliphatic hydroxyl groups excluding tert-OH is 2. The van der Waals surface area contributed by atoms with Gasteiger partial charge in [0.05, 0.1) is 19.8 Å². The zero-order chi connectivity index (χ0) is 26.3. The minimum absolute atomic E-state index is 0.0198. The molecular formula is C32H55NO4. The van der Waals surface area contributed by atoms with Gasteiger partial charge in [0.15, 0.2) is 0 Å². The second-order valence-corrected chi connectivity index (χ2v) is 14.5. The molecule has 0 aromatic heterocycles. The third-order valence-electron chi connectivity index (χ3n) is 13.2. The van der Waals surface area contributed by atoms with Gasteiger partial charge in [0, 0.05) is 18.5 Å². The minimum Gasteiger partial charge on any atom is -0.449 e. The Morgan fingerprint density at radius 3 is 2.32 bits per heavy atom. The average Bonchev–Trinajstić information content (AvgIpc) is 3.26. The third kappa shape index (κ3) is 4.87. The van der Waals surface area contributed by atoms with Crippen molar-refractivity contribution >= 4 is 6.09 Å². The standard InChI is InChI=1S/C32H55NO4/c1-4-23-20-25-27-11-10-24(30(27,2)14-12-28(25)31(3)13-6-5-9-26(23)31)8-7-19-37-29(36)33-17-15-32(21-34,22-35)16-18-33/h23-28,34-35H,4-22H2,1-3H3/t23-,24?,25?,26?,27?,28-,30?,31?/m0/s1. The molecule has 4 aliphatic carbocycles. The van der Waals surface area contributed by atoms with Crippen LogP contribution in [0, 0.1) is 51.8 Å². The van der Waals surface area contributed by atoms with Gasteiger partial charge in [0.1, 0.15) is 0 Å². The molecule has 1 heterocycles. The summed E-state index contributed by atoms with van der Waals surface area (Å²) < 4.78 is 5.69. The molecule has 5 rings (SSSR count). The second kappa shape index (κ2) is 11.0. The lowest BCUT2D eigenvalue weighted by Gasteiger charge is -2.62. The van der Waals surface area contributed by atoms with Crippen LogP contribution in [0.3, 0.4) is 0 Å². The summed E-state index contributed by atoms with van der Waals surface area (Å²) in [6.07, 6.45) is 17.6. The Balaban J connectivity index is 1.13. The van der Waals surface area contributed by atoms with Crippen molar-refractivity contribution in [2.75, 3.05) is 32.9 Å². The Hall–Kier alpha value is -0.810. The first kappa shape index (κ1) is 27.7. The lowest BCUT2D eigenvalue weighted by Crippen LogP contribution is -2.55. The summed E-state index contributed by atoms with van der Waals surface area (Å²) in [7, 11) is 0. The van der Waals surface area contributed by atoms with Gasteiger partial charge in [-0.1, -0.05) is 40.0 Å². The Labute approximate surface area is 226 Å². The molecule has 8 atom stereocenters. The molecule has 4 saturated carbocycles. The molecule has 0 aromatic rings. The molecule has 2 N–H and O–H groups in total. The smallest absolute Gasteiger partial charge is 0.409 e. The molecule has 5 aliphatic rings. The first-order valence-corrected chi connectivity index (χ1v) is 15.9. The number of aliphatic hydroxyl groups is 2. The van der Waals surface area contributed by atoms with Crippen molar-refractivity contribution in [2.24, 2.45) is 51.8 Å². The highest BCUT2D eigenvalue weighted by Gasteiger charge is 2.60. The summed E-state index contributed by atoms with van der Waals surface area (Å²) in [5.74, 6) is 5.50. The van der Waals surface area contributed by atoms with Gasteiger partial charge in [-0.05, 0) is 117 Å². The maximum Gasteiger partial charge on any atom is 0.409 e. The van der Waals surface area contributed by atoms with Crippen LogP contribution in [0.25, 0.3) is 0 Å². The highest BCUT2D eigenvalue weighted by atomic mass is 16.6. The molecule has 5 heteroatoms. The molecule has 6 unspecified atom stereocenters. The monoisotopic (exact) mass is 517 g/mol. The summed E-state index contributed by atoms with van der Waals surface area (Å²) in [4.78, 5) is 14.4. The van der Waals surface area contributed by atoms with E-state index in [0.29, 0.717) is 43.4 Å². The predicted octanol–water partition coefficient (Wildman–Crippen LogP) is 6.66. The Morgan fingerprint density at radius 2 is 1.62 bits per heavy atom. The van der Waals surface area contributed by atoms with Gasteiger partial charge >= 0.3 is 6.09 Å². The SMILES string of the molecule is CC[C@H]1CC2C3CCC(CCCOC(=O)N4CCC(CO)(CO)CC4)C3(C)CC[C@@H]2C2(C)CCCCC12. The fourth-order valence-electron chi connectivity index (χ4n) is 10.7. The van der Waals surface area contributed by atoms with E-state index in [4.69, 9.17) is 4.74 Å². The van der Waals surface area contributed by atoms with Gasteiger partial charge in [0.2, 0.25) is 0 Å². The van der Waals surface area contributed by atoms with Crippen LogP contribution in [0.2, 0.25) is 0 Å². The molecule has 5 nitrogen and oxygen atoms in total. The lowest BCUT2D eigenvalue weighted by molar-refractivity contribution is -0.135. The maximum atomic E-state index is 12.6. The van der Waals surface area contributed by atoms with Crippen LogP contribution >= 0.6 is 0 Å². The van der Waals surface area contributed by atoms with Crippen molar-refractivity contribution in [1.29, 1.82) is 0 Å². The summed E-state index contributed by atoms with van der Waals surface area (Å²) in [6, 6.07) is 0. The zero-order valence-electron chi connectivity index (χ0n) is 24.1. The number of amides is 1. The van der Waals surface area contributed by atoms with Gasteiger partial charge < -0.3 is 19.8 Å². The Morgan fingerprint density at radius 1 is 0.892 bits per heavy atom. The zero-order valence-corrected chi connectivity index (χ0v) is 24.1. The quantitative estimate of drug-likeness (QED) is 0.371. The van der Waals surface area contributed by atoms with Crippen molar-refractivity contribution in [3.05, 3.63) is 0 Å². The molecule has 1 saturated heterocycles. The number of carbonyl (C=O) groups is 1. The molecule has 0 spiro atoms. The molecule has 212 valence electrons. The van der Waals surface area contributed by atoms with E-state index in [2.05, 4.69) is 20.8 Å². The summed E-state index contributed by atoms with van der Waals surface area (Å²) in [6.45, 7) is 9.39. The molecule has 5 fully saturated rings. The highest BCUT2D eigenvalue weighted by Crippen LogP contribution is 2.69. The number of carbonyl (C=O) groups excluding carboxylic acids is 1. The maximum absolute atomic E-state index is 12.6. The van der Waals surface area contributed by atoms with E-state index in [1.807, 2.05) is 0 Å². The second-order valence-electron chi connectivity index (χ2n) is 14.5. The van der Waals surface area contributed by atoms with Crippen LogP contribution in [0.1, 0.15) is 111 Å². The van der Waals surface area contributed by atoms with Gasteiger partial charge in [-0.3, -0.25) is 0 Å². The van der Waals surface area contributed by atoms with Crippen molar-refractivity contribution in [1.82, 2.24) is 4.90 Å². The van der Waals surface area contributed by atoms with Crippen molar-refractivity contribution in [3.8, 4) is 0 Å². The predicted molar refractivity (Wildman–Crippen MR) is 147 cm³/mol. The molecule has 0 bridgehead atoms. The van der Waals surface area contributed by atoms with Crippen LogP contribution in [-0.4, -0.2) is 54.1 Å². The molecule has 0 radical (unpaired) electrons. The number of ether oxygens (including phenoxy) is 1. The number of hydrogen-bond donors (Lipinski definition) is 2. The highest BCUT2D eigenvalue weighted by molar-refractivity contribution is 5.67. The van der Waals surface area contributed by atoms with Crippen LogP contribution in [0.15, 0.2) is 0 Å². The molecule has 1 aliphatic heterocycles. The largest absolute Gasteiger partial charge is 0.449 e. The van der Waals surface area contributed by atoms with E-state index in [1.54, 1.807) is 4.90 Å². The van der Waals surface area contributed by atoms with Crippen LogP contribution in [0.5, 0.6) is 0 Å². The number of rotatable bonds is 7. The first-order chi connectivity index (χ1) is 17.8. The lowest BCUT2D eigenvalue weighted by atomic mass is 9.42. The third-order valence-corrected chi connectivity index (χ3v) is 13.2. The number of hydrogen-bond acceptors (Lipinski definition) is 4. The Kier molecular flexibility index (Phi) is 8.24. The van der Waals surface area contributed by atoms with E-state index in [1.165, 1.54) is 70.6 Å². The van der Waals surface area contributed by atoms with E-state index < -0.39 is 5.41 Å². The van der Waals surface area contributed by atoms with Gasteiger partial charge in [0.25, 0.3) is 0 Å². The van der Waals surface area contributed by atoms with Gasteiger partial charge in [-0.15, -0.1) is 0 Å². The van der Waals surface area contributed by atoms with E-state index in [9.17, 15) is 15.0 Å². The van der Waals surface area contributed by atoms with Crippen LogP contribution in [-0.2, 0) is 4.74 Å². The van der Waals surface area contributed by atoms with Crippen molar-refractivity contribution < 1.29 is 19.7 Å². The topological polar surface area (TPSA) is 70.0 Å². The average molecular weight is 518 g/mol. The van der Waals surface area contributed by atoms with E-state index in [-0.39, 0.29) is 19.3 Å². The fourth-order valence-corrected chi connectivity index (χ4v) is 10.7. The molecule has 1 amide bonds.